The molecule has 0 saturated carbocycles. The normalized spacial score (nSPS) is 19.4. The number of rotatable bonds is 11. The van der Waals surface area contributed by atoms with Crippen LogP contribution in [0.4, 0.5) is 0 Å². The van der Waals surface area contributed by atoms with E-state index >= 15 is 0 Å². The van der Waals surface area contributed by atoms with Gasteiger partial charge in [-0.2, -0.15) is 0 Å². The van der Waals surface area contributed by atoms with E-state index in [9.17, 15) is 5.11 Å². The summed E-state index contributed by atoms with van der Waals surface area (Å²) in [6.45, 7) is 8.27. The van der Waals surface area contributed by atoms with Crippen LogP contribution < -0.4 is 5.32 Å². The van der Waals surface area contributed by atoms with Crippen molar-refractivity contribution in [2.24, 2.45) is 5.92 Å². The van der Waals surface area contributed by atoms with Crippen molar-refractivity contribution in [3.8, 4) is 0 Å². The zero-order valence-corrected chi connectivity index (χ0v) is 13.1. The first-order valence-electron chi connectivity index (χ1n) is 7.95. The van der Waals surface area contributed by atoms with E-state index in [1.807, 2.05) is 6.92 Å². The molecule has 1 fully saturated rings. The first-order chi connectivity index (χ1) is 9.72. The van der Waals surface area contributed by atoms with Crippen LogP contribution in [0.5, 0.6) is 0 Å². The van der Waals surface area contributed by atoms with Gasteiger partial charge in [-0.25, -0.2) is 0 Å². The van der Waals surface area contributed by atoms with Gasteiger partial charge in [-0.05, 0) is 58.8 Å². The van der Waals surface area contributed by atoms with Gasteiger partial charge in [0, 0.05) is 13.2 Å². The van der Waals surface area contributed by atoms with Gasteiger partial charge in [0.05, 0.1) is 25.9 Å². The van der Waals surface area contributed by atoms with Crippen LogP contribution in [0.25, 0.3) is 0 Å². The highest BCUT2D eigenvalue weighted by atomic mass is 16.5. The SMILES string of the molecule is CCOCCOCC(O)CNCCC1CCN(C)CC1. The molecule has 1 heterocycles. The Morgan fingerprint density at radius 3 is 2.65 bits per heavy atom. The molecule has 0 amide bonds. The summed E-state index contributed by atoms with van der Waals surface area (Å²) in [4.78, 5) is 2.40. The lowest BCUT2D eigenvalue weighted by molar-refractivity contribution is 0.00644. The number of piperidine rings is 1. The first kappa shape index (κ1) is 17.9. The fourth-order valence-electron chi connectivity index (χ4n) is 2.47. The van der Waals surface area contributed by atoms with Crippen molar-refractivity contribution in [1.29, 1.82) is 0 Å². The van der Waals surface area contributed by atoms with E-state index in [1.165, 1.54) is 32.4 Å². The van der Waals surface area contributed by atoms with Crippen molar-refractivity contribution in [2.75, 3.05) is 59.7 Å². The third-order valence-electron chi connectivity index (χ3n) is 3.83. The van der Waals surface area contributed by atoms with Gasteiger partial charge in [0.2, 0.25) is 0 Å². The number of hydrogen-bond donors (Lipinski definition) is 2. The van der Waals surface area contributed by atoms with Gasteiger partial charge < -0.3 is 24.8 Å². The lowest BCUT2D eigenvalue weighted by atomic mass is 9.94. The molecule has 0 aromatic rings. The van der Waals surface area contributed by atoms with E-state index < -0.39 is 6.10 Å². The average molecular weight is 288 g/mol. The van der Waals surface area contributed by atoms with Crippen LogP contribution in [0.3, 0.4) is 0 Å². The third kappa shape index (κ3) is 8.87. The number of ether oxygens (including phenoxy) is 2. The number of hydrogen-bond acceptors (Lipinski definition) is 5. The number of nitrogens with zero attached hydrogens (tertiary/aromatic N) is 1. The monoisotopic (exact) mass is 288 g/mol. The molecule has 1 atom stereocenters. The summed E-state index contributed by atoms with van der Waals surface area (Å²) in [5.41, 5.74) is 0. The molecule has 120 valence electrons. The molecule has 0 aromatic carbocycles. The Balaban J connectivity index is 1.87. The summed E-state index contributed by atoms with van der Waals surface area (Å²) in [6.07, 6.45) is 3.41. The van der Waals surface area contributed by atoms with E-state index in [1.54, 1.807) is 0 Å². The molecule has 1 aliphatic heterocycles. The number of aliphatic hydroxyl groups excluding tert-OH is 1. The number of likely N-dealkylation sites (tertiary alicyclic amines) is 1. The molecule has 0 spiro atoms. The summed E-state index contributed by atoms with van der Waals surface area (Å²) < 4.78 is 10.5. The maximum Gasteiger partial charge on any atom is 0.0897 e. The molecule has 1 aliphatic rings. The largest absolute Gasteiger partial charge is 0.389 e. The quantitative estimate of drug-likeness (QED) is 0.549. The Kier molecular flexibility index (Phi) is 10.2. The Bertz CT molecular complexity index is 221. The predicted molar refractivity (Wildman–Crippen MR) is 81.0 cm³/mol. The van der Waals surface area contributed by atoms with E-state index in [0.717, 1.165) is 12.5 Å². The molecule has 5 heteroatoms. The van der Waals surface area contributed by atoms with Crippen LogP contribution >= 0.6 is 0 Å². The van der Waals surface area contributed by atoms with Crippen LogP contribution in [0, 0.1) is 5.92 Å². The highest BCUT2D eigenvalue weighted by Crippen LogP contribution is 2.18. The van der Waals surface area contributed by atoms with Gasteiger partial charge in [0.15, 0.2) is 0 Å². The van der Waals surface area contributed by atoms with Gasteiger partial charge in [-0.3, -0.25) is 0 Å². The molecule has 0 aromatic heterocycles. The van der Waals surface area contributed by atoms with Crippen LogP contribution in [0.2, 0.25) is 0 Å². The zero-order chi connectivity index (χ0) is 14.6. The van der Waals surface area contributed by atoms with Crippen LogP contribution in [0.1, 0.15) is 26.2 Å². The van der Waals surface area contributed by atoms with E-state index in [-0.39, 0.29) is 0 Å². The molecular formula is C15H32N2O3. The third-order valence-corrected chi connectivity index (χ3v) is 3.83. The Hall–Kier alpha value is -0.200. The summed E-state index contributed by atoms with van der Waals surface area (Å²) >= 11 is 0. The van der Waals surface area contributed by atoms with Crippen molar-refractivity contribution in [1.82, 2.24) is 10.2 Å². The second kappa shape index (κ2) is 11.5. The smallest absolute Gasteiger partial charge is 0.0897 e. The Morgan fingerprint density at radius 1 is 1.25 bits per heavy atom. The van der Waals surface area contributed by atoms with E-state index in [2.05, 4.69) is 17.3 Å². The predicted octanol–water partition coefficient (Wildman–Crippen LogP) is 0.722. The second-order valence-corrected chi connectivity index (χ2v) is 5.67. The second-order valence-electron chi connectivity index (χ2n) is 5.67. The highest BCUT2D eigenvalue weighted by Gasteiger charge is 2.16. The van der Waals surface area contributed by atoms with Crippen molar-refractivity contribution < 1.29 is 14.6 Å². The molecule has 0 aliphatic carbocycles. The van der Waals surface area contributed by atoms with Crippen molar-refractivity contribution in [2.45, 2.75) is 32.3 Å². The average Bonchev–Trinajstić information content (AvgIpc) is 2.45. The summed E-state index contributed by atoms with van der Waals surface area (Å²) in [7, 11) is 2.19. The molecule has 20 heavy (non-hydrogen) atoms. The maximum absolute atomic E-state index is 9.74. The fraction of sp³-hybridized carbons (Fsp3) is 1.00. The molecule has 0 bridgehead atoms. The minimum absolute atomic E-state index is 0.383. The van der Waals surface area contributed by atoms with Crippen molar-refractivity contribution in [3.05, 3.63) is 0 Å². The molecule has 1 saturated heterocycles. The number of aliphatic hydroxyl groups is 1. The molecule has 0 radical (unpaired) electrons. The first-order valence-corrected chi connectivity index (χ1v) is 7.95. The minimum Gasteiger partial charge on any atom is -0.389 e. The maximum atomic E-state index is 9.74. The molecule has 1 unspecified atom stereocenters. The van der Waals surface area contributed by atoms with E-state index in [4.69, 9.17) is 9.47 Å². The van der Waals surface area contributed by atoms with Crippen LogP contribution in [0.15, 0.2) is 0 Å². The van der Waals surface area contributed by atoms with Gasteiger partial charge in [0.1, 0.15) is 0 Å². The summed E-state index contributed by atoms with van der Waals surface area (Å²) in [6, 6.07) is 0. The fourth-order valence-corrected chi connectivity index (χ4v) is 2.47. The minimum atomic E-state index is -0.422. The zero-order valence-electron chi connectivity index (χ0n) is 13.1. The Labute approximate surface area is 123 Å². The molecule has 5 nitrogen and oxygen atoms in total. The number of nitrogens with one attached hydrogen (secondary N) is 1. The lowest BCUT2D eigenvalue weighted by Crippen LogP contribution is -2.34. The van der Waals surface area contributed by atoms with Gasteiger partial charge in [0.25, 0.3) is 0 Å². The van der Waals surface area contributed by atoms with Crippen molar-refractivity contribution in [3.63, 3.8) is 0 Å². The van der Waals surface area contributed by atoms with Crippen LogP contribution in [-0.2, 0) is 9.47 Å². The summed E-state index contributed by atoms with van der Waals surface area (Å²) in [5, 5.41) is 13.1. The standard InChI is InChI=1S/C15H32N2O3/c1-3-19-10-11-20-13-15(18)12-16-7-4-14-5-8-17(2)9-6-14/h14-16,18H,3-13H2,1-2H3. The van der Waals surface area contributed by atoms with E-state index in [0.29, 0.717) is 33.0 Å². The topological polar surface area (TPSA) is 54.0 Å². The molecule has 1 rings (SSSR count). The highest BCUT2D eigenvalue weighted by molar-refractivity contribution is 4.71. The molecule has 2 N–H and O–H groups in total. The lowest BCUT2D eigenvalue weighted by Gasteiger charge is -2.29. The summed E-state index contributed by atoms with van der Waals surface area (Å²) in [5.74, 6) is 0.846. The van der Waals surface area contributed by atoms with Gasteiger partial charge in [-0.1, -0.05) is 0 Å². The Morgan fingerprint density at radius 2 is 1.95 bits per heavy atom. The van der Waals surface area contributed by atoms with Gasteiger partial charge in [-0.15, -0.1) is 0 Å². The molecular weight excluding hydrogens is 256 g/mol. The van der Waals surface area contributed by atoms with Crippen molar-refractivity contribution >= 4 is 0 Å². The van der Waals surface area contributed by atoms with Gasteiger partial charge >= 0.3 is 0 Å². The van der Waals surface area contributed by atoms with Crippen LogP contribution in [-0.4, -0.2) is 75.8 Å².